The van der Waals surface area contributed by atoms with E-state index in [0.717, 1.165) is 51.0 Å². The van der Waals surface area contributed by atoms with Crippen molar-refractivity contribution in [3.63, 3.8) is 0 Å². The second-order valence-electron chi connectivity index (χ2n) is 7.62. The molecular weight excluding hydrogens is 515 g/mol. The van der Waals surface area contributed by atoms with Crippen LogP contribution in [0.1, 0.15) is 11.1 Å². The number of halogens is 1. The lowest BCUT2D eigenvalue weighted by atomic mass is 10.1. The number of nitrogens with zero attached hydrogens (tertiary/aromatic N) is 5. The molecule has 2 aromatic carbocycles. The van der Waals surface area contributed by atoms with Gasteiger partial charge < -0.3 is 24.4 Å². The Kier molecular flexibility index (Phi) is 8.78. The molecule has 1 saturated heterocycles. The first-order valence-corrected chi connectivity index (χ1v) is 10.6. The maximum absolute atomic E-state index is 5.26. The Morgan fingerprint density at radius 1 is 1.00 bits per heavy atom. The highest BCUT2D eigenvalue weighted by molar-refractivity contribution is 14.0. The number of anilines is 1. The predicted molar refractivity (Wildman–Crippen MR) is 140 cm³/mol. The van der Waals surface area contributed by atoms with Gasteiger partial charge in [-0.3, -0.25) is 4.99 Å². The van der Waals surface area contributed by atoms with Crippen LogP contribution < -0.4 is 15.0 Å². The van der Waals surface area contributed by atoms with Crippen molar-refractivity contribution in [1.29, 1.82) is 0 Å². The van der Waals surface area contributed by atoms with Crippen LogP contribution in [0.25, 0.3) is 0 Å². The summed E-state index contributed by atoms with van der Waals surface area (Å²) >= 11 is 0. The fourth-order valence-corrected chi connectivity index (χ4v) is 3.84. The van der Waals surface area contributed by atoms with Gasteiger partial charge in [0.15, 0.2) is 5.96 Å². The SMILES string of the molecule is CN=C(NCc1ccc(Cn2ccnc2)cc1)N1CCN(c2ccc(OC)cc2)CC1.I. The number of aromatic nitrogens is 2. The third-order valence-electron chi connectivity index (χ3n) is 5.63. The average molecular weight is 546 g/mol. The van der Waals surface area contributed by atoms with Crippen LogP contribution in [0, 0.1) is 0 Å². The molecule has 2 heterocycles. The van der Waals surface area contributed by atoms with Crippen molar-refractivity contribution in [3.05, 3.63) is 78.4 Å². The highest BCUT2D eigenvalue weighted by Gasteiger charge is 2.19. The minimum Gasteiger partial charge on any atom is -0.497 e. The maximum Gasteiger partial charge on any atom is 0.194 e. The van der Waals surface area contributed by atoms with Gasteiger partial charge in [0.1, 0.15) is 5.75 Å². The van der Waals surface area contributed by atoms with E-state index in [1.54, 1.807) is 13.3 Å². The number of ether oxygens (including phenoxy) is 1. The van der Waals surface area contributed by atoms with Crippen molar-refractivity contribution in [1.82, 2.24) is 19.8 Å². The van der Waals surface area contributed by atoms with Gasteiger partial charge in [0.05, 0.1) is 13.4 Å². The summed E-state index contributed by atoms with van der Waals surface area (Å²) in [4.78, 5) is 13.3. The van der Waals surface area contributed by atoms with E-state index in [0.29, 0.717) is 0 Å². The van der Waals surface area contributed by atoms with Crippen LogP contribution in [-0.4, -0.2) is 60.7 Å². The molecule has 1 fully saturated rings. The van der Waals surface area contributed by atoms with E-state index in [2.05, 4.69) is 66.1 Å². The van der Waals surface area contributed by atoms with Crippen molar-refractivity contribution in [2.75, 3.05) is 45.2 Å². The third kappa shape index (κ3) is 6.15. The molecule has 0 radical (unpaired) electrons. The minimum atomic E-state index is 0. The molecule has 0 atom stereocenters. The fourth-order valence-electron chi connectivity index (χ4n) is 3.84. The normalized spacial score (nSPS) is 14.1. The van der Waals surface area contributed by atoms with E-state index < -0.39 is 0 Å². The van der Waals surface area contributed by atoms with Gasteiger partial charge in [0.25, 0.3) is 0 Å². The molecule has 3 aromatic rings. The number of hydrogen-bond acceptors (Lipinski definition) is 4. The van der Waals surface area contributed by atoms with Gasteiger partial charge in [-0.1, -0.05) is 24.3 Å². The smallest absolute Gasteiger partial charge is 0.194 e. The average Bonchev–Trinajstić information content (AvgIpc) is 3.34. The highest BCUT2D eigenvalue weighted by Crippen LogP contribution is 2.20. The molecule has 0 unspecified atom stereocenters. The summed E-state index contributed by atoms with van der Waals surface area (Å²) in [6.45, 7) is 5.42. The number of guanidine groups is 1. The van der Waals surface area contributed by atoms with E-state index in [4.69, 9.17) is 4.74 Å². The maximum atomic E-state index is 5.26. The van der Waals surface area contributed by atoms with Crippen LogP contribution in [0.5, 0.6) is 5.75 Å². The molecule has 0 spiro atoms. The fraction of sp³-hybridized carbons (Fsp3) is 0.333. The zero-order valence-electron chi connectivity index (χ0n) is 18.6. The number of nitrogens with one attached hydrogen (secondary N) is 1. The first-order valence-electron chi connectivity index (χ1n) is 10.6. The second kappa shape index (κ2) is 11.8. The lowest BCUT2D eigenvalue weighted by Crippen LogP contribution is -2.52. The Hall–Kier alpha value is -2.75. The molecule has 0 aliphatic carbocycles. The number of benzene rings is 2. The third-order valence-corrected chi connectivity index (χ3v) is 5.63. The summed E-state index contributed by atoms with van der Waals surface area (Å²) < 4.78 is 7.33. The van der Waals surface area contributed by atoms with Gasteiger partial charge in [-0.2, -0.15) is 0 Å². The van der Waals surface area contributed by atoms with Crippen LogP contribution in [-0.2, 0) is 13.1 Å². The quantitative estimate of drug-likeness (QED) is 0.292. The molecule has 0 amide bonds. The predicted octanol–water partition coefficient (Wildman–Crippen LogP) is 3.46. The largest absolute Gasteiger partial charge is 0.497 e. The molecule has 8 heteroatoms. The molecule has 1 aromatic heterocycles. The Bertz CT molecular complexity index is 965. The standard InChI is InChI=1S/C24H30N6O.HI/c1-25-24(27-17-20-3-5-21(6-4-20)18-28-12-11-26-19-28)30-15-13-29(14-16-30)22-7-9-23(31-2)10-8-22;/h3-12,19H,13-18H2,1-2H3,(H,25,27);1H. The van der Waals surface area contributed by atoms with Gasteiger partial charge in [-0.15, -0.1) is 24.0 Å². The van der Waals surface area contributed by atoms with Crippen molar-refractivity contribution < 1.29 is 4.74 Å². The number of imidazole rings is 1. The molecule has 7 nitrogen and oxygen atoms in total. The lowest BCUT2D eigenvalue weighted by molar-refractivity contribution is 0.372. The molecule has 1 aliphatic heterocycles. The minimum absolute atomic E-state index is 0. The van der Waals surface area contributed by atoms with Gasteiger partial charge in [0, 0.05) is 64.4 Å². The van der Waals surface area contributed by atoms with Crippen molar-refractivity contribution in [3.8, 4) is 5.75 Å². The van der Waals surface area contributed by atoms with E-state index in [1.165, 1.54) is 16.8 Å². The molecule has 32 heavy (non-hydrogen) atoms. The molecule has 170 valence electrons. The molecule has 0 saturated carbocycles. The van der Waals surface area contributed by atoms with Crippen LogP contribution in [0.3, 0.4) is 0 Å². The van der Waals surface area contributed by atoms with E-state index >= 15 is 0 Å². The number of rotatable bonds is 6. The van der Waals surface area contributed by atoms with E-state index in [1.807, 2.05) is 31.7 Å². The van der Waals surface area contributed by atoms with Crippen LogP contribution in [0.2, 0.25) is 0 Å². The second-order valence-corrected chi connectivity index (χ2v) is 7.62. The number of hydrogen-bond donors (Lipinski definition) is 1. The summed E-state index contributed by atoms with van der Waals surface area (Å²) in [5, 5.41) is 3.52. The van der Waals surface area contributed by atoms with Gasteiger partial charge in [-0.25, -0.2) is 4.98 Å². The summed E-state index contributed by atoms with van der Waals surface area (Å²) in [6, 6.07) is 17.0. The Morgan fingerprint density at radius 2 is 1.69 bits per heavy atom. The summed E-state index contributed by atoms with van der Waals surface area (Å²) in [7, 11) is 3.55. The number of aliphatic imine (C=N–C) groups is 1. The Balaban J connectivity index is 0.00000289. The van der Waals surface area contributed by atoms with Crippen LogP contribution in [0.4, 0.5) is 5.69 Å². The van der Waals surface area contributed by atoms with Crippen LogP contribution >= 0.6 is 24.0 Å². The van der Waals surface area contributed by atoms with Crippen LogP contribution in [0.15, 0.2) is 72.2 Å². The molecular formula is C24H31IN6O. The zero-order chi connectivity index (χ0) is 21.5. The molecule has 1 aliphatic rings. The van der Waals surface area contributed by atoms with Gasteiger partial charge in [-0.05, 0) is 35.4 Å². The molecule has 4 rings (SSSR count). The Morgan fingerprint density at radius 3 is 2.28 bits per heavy atom. The monoisotopic (exact) mass is 546 g/mol. The van der Waals surface area contributed by atoms with Gasteiger partial charge in [0.2, 0.25) is 0 Å². The van der Waals surface area contributed by atoms with E-state index in [-0.39, 0.29) is 24.0 Å². The van der Waals surface area contributed by atoms with E-state index in [9.17, 15) is 0 Å². The summed E-state index contributed by atoms with van der Waals surface area (Å²) in [5.41, 5.74) is 3.74. The first kappa shape index (κ1) is 23.9. The Labute approximate surface area is 207 Å². The lowest BCUT2D eigenvalue weighted by Gasteiger charge is -2.37. The topological polar surface area (TPSA) is 57.9 Å². The van der Waals surface area contributed by atoms with Gasteiger partial charge >= 0.3 is 0 Å². The van der Waals surface area contributed by atoms with Crippen molar-refractivity contribution in [2.45, 2.75) is 13.1 Å². The summed E-state index contributed by atoms with van der Waals surface area (Å²) in [5.74, 6) is 1.85. The number of piperazine rings is 1. The highest BCUT2D eigenvalue weighted by atomic mass is 127. The molecule has 0 bridgehead atoms. The van der Waals surface area contributed by atoms with Crippen molar-refractivity contribution >= 4 is 35.6 Å². The molecule has 1 N–H and O–H groups in total. The zero-order valence-corrected chi connectivity index (χ0v) is 21.0. The number of methoxy groups -OCH3 is 1. The first-order chi connectivity index (χ1) is 15.2. The summed E-state index contributed by atoms with van der Waals surface area (Å²) in [6.07, 6.45) is 5.63. The van der Waals surface area contributed by atoms with Crippen molar-refractivity contribution in [2.24, 2.45) is 4.99 Å².